The molecule has 0 radical (unpaired) electrons. The number of benzene rings is 2. The van der Waals surface area contributed by atoms with Crippen LogP contribution in [0.3, 0.4) is 0 Å². The molecule has 0 fully saturated rings. The Hall–Kier alpha value is -3.75. The molecule has 3 aromatic rings. The van der Waals surface area contributed by atoms with Gasteiger partial charge in [0.05, 0.1) is 0 Å². The summed E-state index contributed by atoms with van der Waals surface area (Å²) in [6.45, 7) is 1.72. The van der Waals surface area contributed by atoms with E-state index in [1.165, 1.54) is 24.3 Å². The molecule has 0 atom stereocenters. The maximum atomic E-state index is 13.0. The predicted molar refractivity (Wildman–Crippen MR) is 105 cm³/mol. The minimum atomic E-state index is -0.864. The van der Waals surface area contributed by atoms with Crippen LogP contribution in [0, 0.1) is 5.82 Å². The van der Waals surface area contributed by atoms with E-state index >= 15 is 0 Å². The highest BCUT2D eigenvalue weighted by Gasteiger charge is 2.17. The first-order valence-corrected chi connectivity index (χ1v) is 9.27. The summed E-state index contributed by atoms with van der Waals surface area (Å²) in [6.07, 6.45) is 0. The third kappa shape index (κ3) is 5.40. The quantitative estimate of drug-likeness (QED) is 0.526. The van der Waals surface area contributed by atoms with Gasteiger partial charge in [0.15, 0.2) is 6.61 Å². The lowest BCUT2D eigenvalue weighted by atomic mass is 10.2. The molecule has 1 aromatic heterocycles. The second-order valence-corrected chi connectivity index (χ2v) is 6.39. The van der Waals surface area contributed by atoms with E-state index in [1.54, 1.807) is 4.90 Å². The number of nitrogens with zero attached hydrogens (tertiary/aromatic N) is 3. The second-order valence-electron chi connectivity index (χ2n) is 6.39. The largest absolute Gasteiger partial charge is 0.454 e. The van der Waals surface area contributed by atoms with Crippen molar-refractivity contribution in [3.05, 3.63) is 76.5 Å². The molecule has 1 heterocycles. The molecule has 0 aliphatic heterocycles. The van der Waals surface area contributed by atoms with Gasteiger partial charge >= 0.3 is 11.7 Å². The second kappa shape index (κ2) is 9.64. The van der Waals surface area contributed by atoms with Crippen LogP contribution in [0.4, 0.5) is 4.39 Å². The molecule has 0 bridgehead atoms. The molecule has 0 unspecified atom stereocenters. The third-order valence-electron chi connectivity index (χ3n) is 4.28. The number of aromatic nitrogens is 2. The van der Waals surface area contributed by atoms with E-state index in [0.717, 1.165) is 10.2 Å². The Balaban J connectivity index is 1.56. The van der Waals surface area contributed by atoms with Crippen LogP contribution in [0.1, 0.15) is 12.5 Å². The Morgan fingerprint density at radius 3 is 2.50 bits per heavy atom. The Morgan fingerprint density at radius 2 is 1.83 bits per heavy atom. The molecule has 30 heavy (non-hydrogen) atoms. The highest BCUT2D eigenvalue weighted by Crippen LogP contribution is 2.15. The molecule has 0 spiro atoms. The topological polar surface area (TPSA) is 94.6 Å². The molecule has 2 aromatic carbocycles. The van der Waals surface area contributed by atoms with E-state index in [1.807, 2.05) is 37.3 Å². The fourth-order valence-corrected chi connectivity index (χ4v) is 2.70. The molecule has 0 aliphatic rings. The highest BCUT2D eigenvalue weighted by atomic mass is 19.1. The molecule has 0 saturated heterocycles. The van der Waals surface area contributed by atoms with E-state index < -0.39 is 30.7 Å². The molecule has 9 heteroatoms. The molecule has 8 nitrogen and oxygen atoms in total. The monoisotopic (exact) mass is 413 g/mol. The summed E-state index contributed by atoms with van der Waals surface area (Å²) in [4.78, 5) is 37.8. The molecule has 0 N–H and O–H groups in total. The van der Waals surface area contributed by atoms with Gasteiger partial charge in [-0.1, -0.05) is 30.3 Å². The maximum absolute atomic E-state index is 13.0. The van der Waals surface area contributed by atoms with Crippen molar-refractivity contribution in [2.45, 2.75) is 20.0 Å². The third-order valence-corrected chi connectivity index (χ3v) is 4.28. The fourth-order valence-electron chi connectivity index (χ4n) is 2.70. The van der Waals surface area contributed by atoms with Crippen molar-refractivity contribution < 1.29 is 23.1 Å². The van der Waals surface area contributed by atoms with Crippen LogP contribution in [0.15, 0.2) is 63.8 Å². The molecule has 0 aliphatic carbocycles. The Bertz CT molecular complexity index is 1060. The Morgan fingerprint density at radius 1 is 1.13 bits per heavy atom. The van der Waals surface area contributed by atoms with Crippen LogP contribution < -0.4 is 5.76 Å². The first-order chi connectivity index (χ1) is 14.5. The van der Waals surface area contributed by atoms with E-state index in [9.17, 15) is 18.8 Å². The lowest BCUT2D eigenvalue weighted by Crippen LogP contribution is -2.34. The molecule has 0 saturated carbocycles. The van der Waals surface area contributed by atoms with Crippen LogP contribution in [-0.2, 0) is 27.4 Å². The molecular formula is C21H20FN3O5. The number of hydrogen-bond acceptors (Lipinski definition) is 6. The van der Waals surface area contributed by atoms with Gasteiger partial charge in [0.2, 0.25) is 5.89 Å². The number of carbonyl (C=O) groups is 2. The normalized spacial score (nSPS) is 10.6. The zero-order valence-electron chi connectivity index (χ0n) is 16.3. The first kappa shape index (κ1) is 21.0. The van der Waals surface area contributed by atoms with Gasteiger partial charge in [-0.05, 0) is 36.8 Å². The summed E-state index contributed by atoms with van der Waals surface area (Å²) in [5.74, 6) is -2.52. The summed E-state index contributed by atoms with van der Waals surface area (Å²) in [5.41, 5.74) is 1.34. The minimum absolute atomic E-state index is 0.0519. The van der Waals surface area contributed by atoms with E-state index in [0.29, 0.717) is 18.7 Å². The number of hydrogen-bond donors (Lipinski definition) is 0. The van der Waals surface area contributed by atoms with E-state index in [2.05, 4.69) is 5.10 Å². The van der Waals surface area contributed by atoms with Gasteiger partial charge in [0.25, 0.3) is 5.91 Å². The lowest BCUT2D eigenvalue weighted by molar-refractivity contribution is -0.153. The van der Waals surface area contributed by atoms with Gasteiger partial charge in [-0.25, -0.2) is 9.18 Å². The van der Waals surface area contributed by atoms with Crippen molar-refractivity contribution in [1.82, 2.24) is 14.7 Å². The molecular weight excluding hydrogens is 393 g/mol. The Labute approximate surface area is 171 Å². The average molecular weight is 413 g/mol. The van der Waals surface area contributed by atoms with Gasteiger partial charge in [-0.3, -0.25) is 9.59 Å². The van der Waals surface area contributed by atoms with Crippen molar-refractivity contribution >= 4 is 11.9 Å². The van der Waals surface area contributed by atoms with E-state index in [4.69, 9.17) is 9.15 Å². The number of likely N-dealkylation sites (N-methyl/N-ethyl adjacent to an activating group) is 1. The van der Waals surface area contributed by atoms with E-state index in [-0.39, 0.29) is 11.8 Å². The molecule has 3 rings (SSSR count). The standard InChI is InChI=1S/C21H20FN3O5/c1-2-24(12-15-6-4-3-5-7-15)18(26)14-29-19(27)13-25-21(28)30-20(23-25)16-8-10-17(22)11-9-16/h3-11H,2,12-14H2,1H3. The maximum Gasteiger partial charge on any atom is 0.437 e. The van der Waals surface area contributed by atoms with Crippen LogP contribution in [0.25, 0.3) is 11.5 Å². The van der Waals surface area contributed by atoms with Crippen molar-refractivity contribution in [2.75, 3.05) is 13.2 Å². The molecule has 1 amide bonds. The predicted octanol–water partition coefficient (Wildman–Crippen LogP) is 2.23. The van der Waals surface area contributed by atoms with Crippen molar-refractivity contribution in [3.8, 4) is 11.5 Å². The Kier molecular flexibility index (Phi) is 6.74. The van der Waals surface area contributed by atoms with Gasteiger partial charge in [-0.2, -0.15) is 4.68 Å². The van der Waals surface area contributed by atoms with Gasteiger partial charge in [-0.15, -0.1) is 5.10 Å². The summed E-state index contributed by atoms with van der Waals surface area (Å²) >= 11 is 0. The smallest absolute Gasteiger partial charge is 0.437 e. The molecule has 156 valence electrons. The zero-order valence-corrected chi connectivity index (χ0v) is 16.3. The lowest BCUT2D eigenvalue weighted by Gasteiger charge is -2.20. The number of esters is 1. The van der Waals surface area contributed by atoms with Gasteiger partial charge < -0.3 is 14.1 Å². The van der Waals surface area contributed by atoms with Crippen LogP contribution in [-0.4, -0.2) is 39.7 Å². The van der Waals surface area contributed by atoms with Gasteiger partial charge in [0, 0.05) is 18.7 Å². The summed E-state index contributed by atoms with van der Waals surface area (Å²) in [6, 6.07) is 14.6. The zero-order chi connectivity index (χ0) is 21.5. The summed E-state index contributed by atoms with van der Waals surface area (Å²) in [7, 11) is 0. The SMILES string of the molecule is CCN(Cc1ccccc1)C(=O)COC(=O)Cn1nc(-c2ccc(F)cc2)oc1=O. The summed E-state index contributed by atoms with van der Waals surface area (Å²) < 4.78 is 23.8. The van der Waals surface area contributed by atoms with Gasteiger partial charge in [0.1, 0.15) is 12.4 Å². The van der Waals surface area contributed by atoms with Crippen LogP contribution in [0.5, 0.6) is 0 Å². The average Bonchev–Trinajstić information content (AvgIpc) is 3.11. The minimum Gasteiger partial charge on any atom is -0.454 e. The van der Waals surface area contributed by atoms with Crippen molar-refractivity contribution in [2.24, 2.45) is 0 Å². The number of rotatable bonds is 8. The number of carbonyl (C=O) groups excluding carboxylic acids is 2. The van der Waals surface area contributed by atoms with Crippen LogP contribution >= 0.6 is 0 Å². The van der Waals surface area contributed by atoms with Crippen molar-refractivity contribution in [3.63, 3.8) is 0 Å². The number of ether oxygens (including phenoxy) is 1. The number of halogens is 1. The summed E-state index contributed by atoms with van der Waals surface area (Å²) in [5, 5.41) is 3.90. The first-order valence-electron chi connectivity index (χ1n) is 9.27. The number of amides is 1. The van der Waals surface area contributed by atoms with Crippen LogP contribution in [0.2, 0.25) is 0 Å². The fraction of sp³-hybridized carbons (Fsp3) is 0.238. The highest BCUT2D eigenvalue weighted by molar-refractivity contribution is 5.80. The van der Waals surface area contributed by atoms with Crippen molar-refractivity contribution in [1.29, 1.82) is 0 Å².